The van der Waals surface area contributed by atoms with Crippen molar-refractivity contribution in [2.75, 3.05) is 33.3 Å². The van der Waals surface area contributed by atoms with Crippen LogP contribution in [0.15, 0.2) is 42.5 Å². The Morgan fingerprint density at radius 2 is 1.65 bits per heavy atom. The van der Waals surface area contributed by atoms with Crippen molar-refractivity contribution in [3.05, 3.63) is 42.5 Å². The molecule has 0 bridgehead atoms. The van der Waals surface area contributed by atoms with Gasteiger partial charge in [0.15, 0.2) is 16.6 Å². The first-order valence-corrected chi connectivity index (χ1v) is 8.53. The van der Waals surface area contributed by atoms with Gasteiger partial charge in [-0.15, -0.1) is 0 Å². The number of ether oxygens (including phenoxy) is 4. The number of rotatable bonds is 8. The number of hydrogen-bond acceptors (Lipinski definition) is 5. The number of methoxy groups -OCH3 is 3. The Hall–Kier alpha value is -2.67. The smallest absolute Gasteiger partial charge is 0.171 e. The zero-order valence-corrected chi connectivity index (χ0v) is 16.2. The minimum Gasteiger partial charge on any atom is -0.497 e. The minimum absolute atomic E-state index is 0.0100. The molecule has 0 aromatic heterocycles. The summed E-state index contributed by atoms with van der Waals surface area (Å²) in [6.45, 7) is 2.41. The lowest BCUT2D eigenvalue weighted by molar-refractivity contribution is 0.270. The number of hydrogen-bond donors (Lipinski definition) is 2. The average molecular weight is 376 g/mol. The van der Waals surface area contributed by atoms with Crippen LogP contribution in [-0.4, -0.2) is 39.1 Å². The van der Waals surface area contributed by atoms with E-state index in [1.54, 1.807) is 27.4 Å². The molecule has 7 heteroatoms. The van der Waals surface area contributed by atoms with Gasteiger partial charge in [-0.1, -0.05) is 12.1 Å². The second-order valence-corrected chi connectivity index (χ2v) is 5.94. The zero-order chi connectivity index (χ0) is 18.9. The van der Waals surface area contributed by atoms with Gasteiger partial charge >= 0.3 is 0 Å². The van der Waals surface area contributed by atoms with Crippen molar-refractivity contribution in [2.45, 2.75) is 13.0 Å². The van der Waals surface area contributed by atoms with Crippen LogP contribution in [0.4, 0.5) is 5.69 Å². The molecular weight excluding hydrogens is 352 g/mol. The second-order valence-electron chi connectivity index (χ2n) is 5.53. The Morgan fingerprint density at radius 3 is 2.31 bits per heavy atom. The van der Waals surface area contributed by atoms with Gasteiger partial charge < -0.3 is 29.6 Å². The third-order valence-electron chi connectivity index (χ3n) is 3.59. The van der Waals surface area contributed by atoms with E-state index in [1.165, 1.54) is 0 Å². The van der Waals surface area contributed by atoms with Crippen LogP contribution in [0.5, 0.6) is 23.0 Å². The fourth-order valence-electron chi connectivity index (χ4n) is 2.28. The second kappa shape index (κ2) is 9.72. The molecule has 2 aromatic rings. The summed E-state index contributed by atoms with van der Waals surface area (Å²) in [4.78, 5) is 0. The monoisotopic (exact) mass is 376 g/mol. The lowest BCUT2D eigenvalue weighted by Crippen LogP contribution is -2.39. The Morgan fingerprint density at radius 1 is 0.962 bits per heavy atom. The van der Waals surface area contributed by atoms with Crippen LogP contribution in [0, 0.1) is 0 Å². The quantitative estimate of drug-likeness (QED) is 0.684. The molecule has 0 radical (unpaired) electrons. The molecule has 2 aromatic carbocycles. The van der Waals surface area contributed by atoms with Gasteiger partial charge in [-0.05, 0) is 43.4 Å². The van der Waals surface area contributed by atoms with Crippen LogP contribution in [0.3, 0.4) is 0 Å². The molecule has 0 amide bonds. The van der Waals surface area contributed by atoms with E-state index in [4.69, 9.17) is 31.2 Å². The summed E-state index contributed by atoms with van der Waals surface area (Å²) in [5.74, 6) is 2.75. The van der Waals surface area contributed by atoms with Gasteiger partial charge in [0.2, 0.25) is 0 Å². The highest BCUT2D eigenvalue weighted by Gasteiger charge is 2.10. The van der Waals surface area contributed by atoms with Crippen LogP contribution >= 0.6 is 12.2 Å². The van der Waals surface area contributed by atoms with E-state index in [-0.39, 0.29) is 6.04 Å². The molecule has 140 valence electrons. The highest BCUT2D eigenvalue weighted by atomic mass is 32.1. The van der Waals surface area contributed by atoms with Crippen molar-refractivity contribution in [2.24, 2.45) is 0 Å². The van der Waals surface area contributed by atoms with Crippen LogP contribution in [0.25, 0.3) is 0 Å². The van der Waals surface area contributed by atoms with Crippen LogP contribution in [0.1, 0.15) is 6.92 Å². The number of thiocarbonyl (C=S) groups is 1. The Bertz CT molecular complexity index is 739. The molecule has 0 aliphatic heterocycles. The van der Waals surface area contributed by atoms with Crippen LogP contribution in [0.2, 0.25) is 0 Å². The Kier molecular flexibility index (Phi) is 7.35. The van der Waals surface area contributed by atoms with Gasteiger partial charge in [0, 0.05) is 6.07 Å². The first-order chi connectivity index (χ1) is 12.6. The summed E-state index contributed by atoms with van der Waals surface area (Å²) >= 11 is 5.37. The molecule has 1 atom stereocenters. The summed E-state index contributed by atoms with van der Waals surface area (Å²) in [5, 5.41) is 6.78. The number of nitrogens with one attached hydrogen (secondary N) is 2. The van der Waals surface area contributed by atoms with E-state index in [0.29, 0.717) is 34.7 Å². The fraction of sp³-hybridized carbons (Fsp3) is 0.316. The number of para-hydroxylation sites is 2. The van der Waals surface area contributed by atoms with Crippen LogP contribution < -0.4 is 29.6 Å². The average Bonchev–Trinajstić information content (AvgIpc) is 2.66. The fourth-order valence-corrected chi connectivity index (χ4v) is 2.59. The molecule has 0 fully saturated rings. The Balaban J connectivity index is 1.89. The number of benzene rings is 2. The molecule has 0 aliphatic rings. The van der Waals surface area contributed by atoms with Gasteiger partial charge in [-0.25, -0.2) is 0 Å². The summed E-state index contributed by atoms with van der Waals surface area (Å²) in [7, 11) is 4.82. The SMILES string of the molecule is COc1ccc(NC(=S)NC(C)COc2ccccc2OC)c(OC)c1. The lowest BCUT2D eigenvalue weighted by atomic mass is 10.2. The van der Waals surface area contributed by atoms with Gasteiger partial charge in [0.1, 0.15) is 18.1 Å². The molecule has 0 saturated carbocycles. The largest absolute Gasteiger partial charge is 0.497 e. The molecule has 0 saturated heterocycles. The molecule has 0 spiro atoms. The molecule has 0 heterocycles. The standard InChI is InChI=1S/C19H24N2O4S/c1-13(12-25-17-8-6-5-7-16(17)23-3)20-19(26)21-15-10-9-14(22-2)11-18(15)24-4/h5-11,13H,12H2,1-4H3,(H2,20,21,26). The zero-order valence-electron chi connectivity index (χ0n) is 15.4. The van der Waals surface area contributed by atoms with Crippen molar-refractivity contribution in [1.29, 1.82) is 0 Å². The minimum atomic E-state index is -0.0100. The number of anilines is 1. The van der Waals surface area contributed by atoms with E-state index in [2.05, 4.69) is 10.6 Å². The molecule has 2 rings (SSSR count). The summed E-state index contributed by atoms with van der Waals surface area (Å²) in [6.07, 6.45) is 0. The lowest BCUT2D eigenvalue weighted by Gasteiger charge is -2.19. The van der Waals surface area contributed by atoms with Gasteiger partial charge in [0.25, 0.3) is 0 Å². The molecule has 0 aliphatic carbocycles. The molecule has 2 N–H and O–H groups in total. The predicted octanol–water partition coefficient (Wildman–Crippen LogP) is 3.47. The summed E-state index contributed by atoms with van der Waals surface area (Å²) in [5.41, 5.74) is 0.753. The van der Waals surface area contributed by atoms with Gasteiger partial charge in [0.05, 0.1) is 33.1 Å². The first kappa shape index (κ1) is 19.7. The first-order valence-electron chi connectivity index (χ1n) is 8.12. The maximum absolute atomic E-state index is 5.80. The normalized spacial score (nSPS) is 11.2. The maximum Gasteiger partial charge on any atom is 0.171 e. The van der Waals surface area contributed by atoms with E-state index in [0.717, 1.165) is 5.69 Å². The Labute approximate surface area is 159 Å². The topological polar surface area (TPSA) is 61.0 Å². The van der Waals surface area contributed by atoms with Crippen molar-refractivity contribution < 1.29 is 18.9 Å². The highest BCUT2D eigenvalue weighted by molar-refractivity contribution is 7.80. The van der Waals surface area contributed by atoms with Crippen molar-refractivity contribution in [3.63, 3.8) is 0 Å². The van der Waals surface area contributed by atoms with Crippen LogP contribution in [-0.2, 0) is 0 Å². The van der Waals surface area contributed by atoms with Gasteiger partial charge in [-0.2, -0.15) is 0 Å². The van der Waals surface area contributed by atoms with Crippen molar-refractivity contribution >= 4 is 23.0 Å². The van der Waals surface area contributed by atoms with E-state index >= 15 is 0 Å². The van der Waals surface area contributed by atoms with Gasteiger partial charge in [-0.3, -0.25) is 0 Å². The summed E-state index contributed by atoms with van der Waals surface area (Å²) in [6, 6.07) is 13.0. The third-order valence-corrected chi connectivity index (χ3v) is 3.81. The van der Waals surface area contributed by atoms with Crippen molar-refractivity contribution in [1.82, 2.24) is 5.32 Å². The van der Waals surface area contributed by atoms with Crippen molar-refractivity contribution in [3.8, 4) is 23.0 Å². The maximum atomic E-state index is 5.80. The molecular formula is C19H24N2O4S. The third kappa shape index (κ3) is 5.42. The molecule has 1 unspecified atom stereocenters. The van der Waals surface area contributed by atoms with E-state index in [9.17, 15) is 0 Å². The molecule has 26 heavy (non-hydrogen) atoms. The highest BCUT2D eigenvalue weighted by Crippen LogP contribution is 2.29. The van der Waals surface area contributed by atoms with E-state index in [1.807, 2.05) is 43.3 Å². The van der Waals surface area contributed by atoms with E-state index < -0.39 is 0 Å². The summed E-state index contributed by atoms with van der Waals surface area (Å²) < 4.78 is 21.6. The predicted molar refractivity (Wildman–Crippen MR) is 107 cm³/mol. The molecule has 6 nitrogen and oxygen atoms in total.